The number of rotatable bonds is 11. The number of aliphatic imine (C=N–C) groups is 1. The number of ether oxygens (including phenoxy) is 2. The summed E-state index contributed by atoms with van der Waals surface area (Å²) >= 11 is 0. The summed E-state index contributed by atoms with van der Waals surface area (Å²) in [5.74, 6) is -1.36. The van der Waals surface area contributed by atoms with E-state index in [9.17, 15) is 24.3 Å². The molecule has 3 amide bonds. The van der Waals surface area contributed by atoms with Crippen molar-refractivity contribution < 1.29 is 38.8 Å². The lowest BCUT2D eigenvalue weighted by molar-refractivity contribution is -0.309. The number of nitrogens with two attached hydrogens (primary N) is 1. The van der Waals surface area contributed by atoms with Crippen LogP contribution in [0.25, 0.3) is 0 Å². The Morgan fingerprint density at radius 3 is 2.41 bits per heavy atom. The normalized spacial score (nSPS) is 11.3. The maximum atomic E-state index is 13.5. The molecule has 0 unspecified atom stereocenters. The van der Waals surface area contributed by atoms with Gasteiger partial charge in [-0.15, -0.1) is 4.99 Å². The number of benzene rings is 2. The third-order valence-electron chi connectivity index (χ3n) is 6.45. The van der Waals surface area contributed by atoms with E-state index in [-0.39, 0.29) is 35.2 Å². The van der Waals surface area contributed by atoms with Gasteiger partial charge in [-0.25, -0.2) is 19.5 Å². The molecule has 3 aromatic rings. The average Bonchev–Trinajstić information content (AvgIpc) is 3.40. The van der Waals surface area contributed by atoms with Crippen molar-refractivity contribution in [1.82, 2.24) is 15.2 Å². The lowest BCUT2D eigenvalue weighted by Crippen LogP contribution is -2.75. The highest BCUT2D eigenvalue weighted by atomic mass is 16.7. The van der Waals surface area contributed by atoms with Crippen LogP contribution in [-0.4, -0.2) is 70.9 Å². The Balaban J connectivity index is 1.81. The largest absolute Gasteiger partial charge is 0.508 e. The second-order valence-corrected chi connectivity index (χ2v) is 9.69. The van der Waals surface area contributed by atoms with Crippen LogP contribution in [0.2, 0.25) is 0 Å². The van der Waals surface area contributed by atoms with E-state index in [2.05, 4.69) is 20.3 Å². The Hall–Kier alpha value is -5.46. The number of hydrogen-bond acceptors (Lipinski definition) is 8. The number of amides is 3. The maximum Gasteiger partial charge on any atom is 0.419 e. The van der Waals surface area contributed by atoms with Gasteiger partial charge in [-0.3, -0.25) is 9.59 Å². The van der Waals surface area contributed by atoms with Gasteiger partial charge in [0.05, 0.1) is 11.1 Å². The van der Waals surface area contributed by atoms with E-state index in [1.54, 1.807) is 32.0 Å². The molecule has 0 saturated carbocycles. The molecule has 0 atom stereocenters. The SMILES string of the molecule is CCCNC(=O)c1ccc(C)c(N=C([NH+]=CN)c2[nH]cc(C(=O)N(CCC)C(=O)OCOC(=O)c3ccc(O)cc3)c2C)c1. The van der Waals surface area contributed by atoms with E-state index in [1.165, 1.54) is 36.8 Å². The number of H-pyrrole nitrogens is 1. The van der Waals surface area contributed by atoms with Crippen molar-refractivity contribution in [3.63, 3.8) is 0 Å². The number of phenolic OH excluding ortho intramolecular Hbond substituents is 1. The molecule has 0 saturated heterocycles. The number of esters is 1. The molecule has 6 N–H and O–H groups in total. The second-order valence-electron chi connectivity index (χ2n) is 9.69. The zero-order chi connectivity index (χ0) is 32.2. The molecule has 0 radical (unpaired) electrons. The molecule has 1 heterocycles. The van der Waals surface area contributed by atoms with Crippen molar-refractivity contribution in [1.29, 1.82) is 0 Å². The van der Waals surface area contributed by atoms with E-state index < -0.39 is 24.8 Å². The first-order chi connectivity index (χ1) is 21.1. The van der Waals surface area contributed by atoms with E-state index in [0.29, 0.717) is 35.5 Å². The van der Waals surface area contributed by atoms with Gasteiger partial charge in [0, 0.05) is 24.8 Å². The third-order valence-corrected chi connectivity index (χ3v) is 6.45. The van der Waals surface area contributed by atoms with E-state index in [4.69, 9.17) is 15.2 Å². The second kappa shape index (κ2) is 15.7. The van der Waals surface area contributed by atoms with E-state index in [1.807, 2.05) is 13.8 Å². The molecular formula is C31H37N6O7+. The van der Waals surface area contributed by atoms with E-state index >= 15 is 0 Å². The molecule has 3 rings (SSSR count). The Morgan fingerprint density at radius 1 is 1.05 bits per heavy atom. The van der Waals surface area contributed by atoms with Crippen LogP contribution in [0.1, 0.15) is 74.6 Å². The first-order valence-electron chi connectivity index (χ1n) is 14.0. The number of hydrogen-bond donors (Lipinski definition) is 5. The fraction of sp³-hybridized carbons (Fsp3) is 0.290. The minimum absolute atomic E-state index is 0.0172. The summed E-state index contributed by atoms with van der Waals surface area (Å²) in [4.78, 5) is 62.5. The Morgan fingerprint density at radius 2 is 1.75 bits per heavy atom. The Labute approximate surface area is 254 Å². The number of aromatic hydroxyl groups is 1. The minimum Gasteiger partial charge on any atom is -0.508 e. The molecule has 0 spiro atoms. The highest BCUT2D eigenvalue weighted by Crippen LogP contribution is 2.23. The standard InChI is InChI=1S/C31H36N6O7/c1-5-13-33-28(39)22-8-7-19(3)25(15-22)36-27(35-17-32)26-20(4)24(16-34-26)29(40)37(14-6-2)31(42)44-18-43-30(41)21-9-11-23(38)12-10-21/h7-12,15-17,34,38H,5-6,13-14,18H2,1-4H3,(H,33,39)(H2,32,35,36)/p+1. The van der Waals surface area contributed by atoms with Crippen molar-refractivity contribution in [3.05, 3.63) is 82.2 Å². The van der Waals surface area contributed by atoms with Crippen molar-refractivity contribution in [3.8, 4) is 5.75 Å². The molecule has 44 heavy (non-hydrogen) atoms. The monoisotopic (exact) mass is 605 g/mol. The van der Waals surface area contributed by atoms with Gasteiger partial charge >= 0.3 is 12.1 Å². The smallest absolute Gasteiger partial charge is 0.419 e. The highest BCUT2D eigenvalue weighted by Gasteiger charge is 2.28. The van der Waals surface area contributed by atoms with Crippen LogP contribution in [0, 0.1) is 13.8 Å². The van der Waals surface area contributed by atoms with Gasteiger partial charge in [0.1, 0.15) is 17.1 Å². The molecule has 0 aliphatic rings. The minimum atomic E-state index is -0.992. The van der Waals surface area contributed by atoms with Gasteiger partial charge in [-0.2, -0.15) is 0 Å². The highest BCUT2D eigenvalue weighted by molar-refractivity contribution is 6.06. The van der Waals surface area contributed by atoms with Gasteiger partial charge in [0.2, 0.25) is 6.79 Å². The zero-order valence-corrected chi connectivity index (χ0v) is 25.1. The van der Waals surface area contributed by atoms with Crippen molar-refractivity contribution in [2.45, 2.75) is 40.5 Å². The molecule has 0 aliphatic carbocycles. The Kier molecular flexibility index (Phi) is 11.8. The summed E-state index contributed by atoms with van der Waals surface area (Å²) < 4.78 is 10.0. The number of nitrogens with zero attached hydrogens (tertiary/aromatic N) is 2. The van der Waals surface area contributed by atoms with Gasteiger partial charge in [0.25, 0.3) is 17.6 Å². The fourth-order valence-electron chi connectivity index (χ4n) is 4.07. The van der Waals surface area contributed by atoms with Gasteiger partial charge < -0.3 is 30.6 Å². The lowest BCUT2D eigenvalue weighted by Gasteiger charge is -2.19. The predicted molar refractivity (Wildman–Crippen MR) is 163 cm³/mol. The third kappa shape index (κ3) is 8.31. The number of carbonyl (C=O) groups is 4. The average molecular weight is 606 g/mol. The number of aryl methyl sites for hydroxylation is 1. The van der Waals surface area contributed by atoms with Gasteiger partial charge in [-0.1, -0.05) is 19.9 Å². The van der Waals surface area contributed by atoms with Crippen LogP contribution < -0.4 is 16.0 Å². The van der Waals surface area contributed by atoms with Gasteiger partial charge in [0.15, 0.2) is 6.34 Å². The topological polar surface area (TPSA) is 190 Å². The molecule has 13 nitrogen and oxygen atoms in total. The Bertz CT molecular complexity index is 1560. The van der Waals surface area contributed by atoms with Gasteiger partial charge in [-0.05, 0) is 74.2 Å². The van der Waals surface area contributed by atoms with E-state index in [0.717, 1.165) is 16.9 Å². The summed E-state index contributed by atoms with van der Waals surface area (Å²) in [5, 5.41) is 12.2. The van der Waals surface area contributed by atoms with Crippen molar-refractivity contribution in [2.75, 3.05) is 19.9 Å². The number of aromatic nitrogens is 1. The van der Waals surface area contributed by atoms with Crippen LogP contribution in [-0.2, 0) is 9.47 Å². The van der Waals surface area contributed by atoms with Crippen LogP contribution in [0.5, 0.6) is 5.75 Å². The summed E-state index contributed by atoms with van der Waals surface area (Å²) in [5.41, 5.74) is 8.67. The number of phenols is 1. The van der Waals surface area contributed by atoms with Crippen LogP contribution in [0.3, 0.4) is 0 Å². The molecule has 0 bridgehead atoms. The number of nitrogens with one attached hydrogen (secondary N) is 3. The van der Waals surface area contributed by atoms with Crippen LogP contribution in [0.4, 0.5) is 10.5 Å². The first kappa shape index (κ1) is 33.0. The molecule has 0 fully saturated rings. The molecule has 1 aromatic heterocycles. The quantitative estimate of drug-likeness (QED) is 0.0953. The molecule has 0 aliphatic heterocycles. The first-order valence-corrected chi connectivity index (χ1v) is 14.0. The zero-order valence-electron chi connectivity index (χ0n) is 25.1. The number of aromatic amines is 1. The van der Waals surface area contributed by atoms with Crippen molar-refractivity contribution >= 4 is 41.7 Å². The number of imide groups is 1. The van der Waals surface area contributed by atoms with Crippen LogP contribution in [0.15, 0.2) is 53.7 Å². The molecule has 13 heteroatoms. The molecule has 2 aromatic carbocycles. The lowest BCUT2D eigenvalue weighted by atomic mass is 10.1. The predicted octanol–water partition coefficient (Wildman–Crippen LogP) is 2.43. The number of carbonyl (C=O) groups excluding carboxylic acids is 4. The molecular weight excluding hydrogens is 568 g/mol. The summed E-state index contributed by atoms with van der Waals surface area (Å²) in [6.45, 7) is 7.17. The van der Waals surface area contributed by atoms with Crippen molar-refractivity contribution in [2.24, 2.45) is 10.7 Å². The maximum absolute atomic E-state index is 13.5. The fourth-order valence-corrected chi connectivity index (χ4v) is 4.07. The summed E-state index contributed by atoms with van der Waals surface area (Å²) in [7, 11) is 0. The molecule has 232 valence electrons. The summed E-state index contributed by atoms with van der Waals surface area (Å²) in [6.07, 6.45) is 2.89. The van der Waals surface area contributed by atoms with Crippen LogP contribution >= 0.6 is 0 Å². The summed E-state index contributed by atoms with van der Waals surface area (Å²) in [6, 6.07) is 10.5. The number of amidine groups is 1.